The van der Waals surface area contributed by atoms with Crippen LogP contribution in [0.5, 0.6) is 0 Å². The zero-order valence-electron chi connectivity index (χ0n) is 19.3. The van der Waals surface area contributed by atoms with Crippen molar-refractivity contribution < 1.29 is 14.0 Å². The number of hydrogen-bond acceptors (Lipinski definition) is 7. The van der Waals surface area contributed by atoms with E-state index in [4.69, 9.17) is 15.3 Å². The number of hydrogen-bond donors (Lipinski definition) is 1. The third kappa shape index (κ3) is 5.15. The Kier molecular flexibility index (Phi) is 6.92. The van der Waals surface area contributed by atoms with Crippen molar-refractivity contribution in [3.8, 4) is 0 Å². The van der Waals surface area contributed by atoms with E-state index in [0.717, 1.165) is 36.1 Å². The number of carbonyl (C=O) groups excluding carboxylic acids is 2. The number of primary amides is 1. The Labute approximate surface area is 204 Å². The molecule has 0 aliphatic carbocycles. The largest absolute Gasteiger partial charge is 0.469 e. The van der Waals surface area contributed by atoms with Gasteiger partial charge in [-0.1, -0.05) is 30.3 Å². The summed E-state index contributed by atoms with van der Waals surface area (Å²) in [5.74, 6) is 0.485. The van der Waals surface area contributed by atoms with Crippen LogP contribution in [0, 0.1) is 0 Å². The SMILES string of the molecule is NC(=O)C1SC(CCc2ccco2)=NN1C1CC(=O)N(c2ccc(CN3CCCCC3)cc2)C1. The van der Waals surface area contributed by atoms with Gasteiger partial charge in [0.1, 0.15) is 5.76 Å². The molecule has 2 saturated heterocycles. The molecule has 1 aromatic heterocycles. The van der Waals surface area contributed by atoms with E-state index < -0.39 is 11.3 Å². The van der Waals surface area contributed by atoms with Gasteiger partial charge < -0.3 is 15.1 Å². The molecular formula is C25H31N5O3S. The van der Waals surface area contributed by atoms with Gasteiger partial charge in [0.05, 0.1) is 23.8 Å². The van der Waals surface area contributed by atoms with Gasteiger partial charge in [-0.15, -0.1) is 0 Å². The van der Waals surface area contributed by atoms with Gasteiger partial charge in [0.15, 0.2) is 5.37 Å². The zero-order valence-corrected chi connectivity index (χ0v) is 20.1. The number of anilines is 1. The van der Waals surface area contributed by atoms with Crippen LogP contribution in [0.3, 0.4) is 0 Å². The number of benzene rings is 1. The summed E-state index contributed by atoms with van der Waals surface area (Å²) in [7, 11) is 0. The number of hydrazone groups is 1. The molecule has 2 N–H and O–H groups in total. The number of furan rings is 1. The monoisotopic (exact) mass is 481 g/mol. The molecule has 3 aliphatic rings. The summed E-state index contributed by atoms with van der Waals surface area (Å²) >= 11 is 1.38. The molecule has 8 nitrogen and oxygen atoms in total. The zero-order chi connectivity index (χ0) is 23.5. The van der Waals surface area contributed by atoms with Gasteiger partial charge in [-0.2, -0.15) is 5.10 Å². The molecule has 3 aliphatic heterocycles. The predicted molar refractivity (Wildman–Crippen MR) is 133 cm³/mol. The summed E-state index contributed by atoms with van der Waals surface area (Å²) in [4.78, 5) is 29.3. The van der Waals surface area contributed by atoms with E-state index in [1.54, 1.807) is 16.2 Å². The Balaban J connectivity index is 1.23. The highest BCUT2D eigenvalue weighted by Gasteiger charge is 2.42. The molecular weight excluding hydrogens is 450 g/mol. The molecule has 2 unspecified atom stereocenters. The molecule has 0 spiro atoms. The third-order valence-electron chi connectivity index (χ3n) is 6.71. The number of aryl methyl sites for hydroxylation is 1. The first-order chi connectivity index (χ1) is 16.6. The Morgan fingerprint density at radius 1 is 1.12 bits per heavy atom. The first kappa shape index (κ1) is 23.0. The first-order valence-electron chi connectivity index (χ1n) is 12.0. The van der Waals surface area contributed by atoms with Crippen LogP contribution in [-0.2, 0) is 22.6 Å². The number of carbonyl (C=O) groups is 2. The molecule has 1 aromatic carbocycles. The number of nitrogens with zero attached hydrogens (tertiary/aromatic N) is 4. The van der Waals surface area contributed by atoms with Gasteiger partial charge in [-0.05, 0) is 55.8 Å². The molecule has 4 heterocycles. The van der Waals surface area contributed by atoms with E-state index in [2.05, 4.69) is 17.0 Å². The Bertz CT molecular complexity index is 1030. The molecule has 0 radical (unpaired) electrons. The summed E-state index contributed by atoms with van der Waals surface area (Å²) in [5, 5.41) is 6.70. The minimum atomic E-state index is -0.587. The molecule has 2 fully saturated rings. The van der Waals surface area contributed by atoms with E-state index in [0.29, 0.717) is 25.8 Å². The second-order valence-corrected chi connectivity index (χ2v) is 10.3. The summed E-state index contributed by atoms with van der Waals surface area (Å²) in [6, 6.07) is 11.9. The normalized spacial score (nSPS) is 23.5. The van der Waals surface area contributed by atoms with Crippen molar-refractivity contribution in [2.75, 3.05) is 24.5 Å². The second-order valence-electron chi connectivity index (χ2n) is 9.19. The summed E-state index contributed by atoms with van der Waals surface area (Å²) in [6.45, 7) is 3.77. The lowest BCUT2D eigenvalue weighted by Crippen LogP contribution is -2.44. The Morgan fingerprint density at radius 3 is 2.62 bits per heavy atom. The van der Waals surface area contributed by atoms with Crippen LogP contribution in [0.4, 0.5) is 5.69 Å². The third-order valence-corrected chi connectivity index (χ3v) is 7.93. The predicted octanol–water partition coefficient (Wildman–Crippen LogP) is 3.18. The number of likely N-dealkylation sites (tertiary alicyclic amines) is 1. The number of rotatable bonds is 8. The molecule has 0 saturated carbocycles. The summed E-state index contributed by atoms with van der Waals surface area (Å²) < 4.78 is 5.40. The van der Waals surface area contributed by atoms with Crippen molar-refractivity contribution in [2.24, 2.45) is 10.8 Å². The summed E-state index contributed by atoms with van der Waals surface area (Å²) in [5.41, 5.74) is 7.84. The lowest BCUT2D eigenvalue weighted by Gasteiger charge is -2.27. The average Bonchev–Trinajstić information content (AvgIpc) is 3.59. The van der Waals surface area contributed by atoms with E-state index >= 15 is 0 Å². The standard InChI is InChI=1S/C25H31N5O3S/c26-24(32)25-30(27-22(34-25)11-10-21-5-4-14-33-21)20-15-23(31)29(17-20)19-8-6-18(7-9-19)16-28-12-2-1-3-13-28/h4-9,14,20,25H,1-3,10-13,15-17H2,(H2,26,32). The molecule has 2 aromatic rings. The van der Waals surface area contributed by atoms with E-state index in [9.17, 15) is 9.59 Å². The van der Waals surface area contributed by atoms with Crippen LogP contribution >= 0.6 is 11.8 Å². The lowest BCUT2D eigenvalue weighted by molar-refractivity contribution is -0.121. The number of thioether (sulfide) groups is 1. The van der Waals surface area contributed by atoms with Crippen molar-refractivity contribution in [1.82, 2.24) is 9.91 Å². The van der Waals surface area contributed by atoms with Crippen LogP contribution in [0.15, 0.2) is 52.2 Å². The Morgan fingerprint density at radius 2 is 1.91 bits per heavy atom. The van der Waals surface area contributed by atoms with Gasteiger partial charge in [-0.25, -0.2) is 0 Å². The molecule has 5 rings (SSSR count). The van der Waals surface area contributed by atoms with Crippen LogP contribution in [0.25, 0.3) is 0 Å². The molecule has 0 bridgehead atoms. The maximum absolute atomic E-state index is 12.9. The molecule has 34 heavy (non-hydrogen) atoms. The maximum Gasteiger partial charge on any atom is 0.252 e. The topological polar surface area (TPSA) is 95.4 Å². The fraction of sp³-hybridized carbons (Fsp3) is 0.480. The summed E-state index contributed by atoms with van der Waals surface area (Å²) in [6.07, 6.45) is 7.21. The molecule has 2 amide bonds. The van der Waals surface area contributed by atoms with Gasteiger partial charge in [0.2, 0.25) is 5.91 Å². The fourth-order valence-corrected chi connectivity index (χ4v) is 5.98. The van der Waals surface area contributed by atoms with Gasteiger partial charge in [0, 0.05) is 31.6 Å². The fourth-order valence-electron chi connectivity index (χ4n) is 4.92. The number of amides is 2. The second kappa shape index (κ2) is 10.2. The maximum atomic E-state index is 12.9. The molecule has 2 atom stereocenters. The first-order valence-corrected chi connectivity index (χ1v) is 12.9. The van der Waals surface area contributed by atoms with Crippen molar-refractivity contribution in [2.45, 2.75) is 56.5 Å². The Hall–Kier alpha value is -2.78. The van der Waals surface area contributed by atoms with Crippen LogP contribution in [0.2, 0.25) is 0 Å². The minimum Gasteiger partial charge on any atom is -0.469 e. The average molecular weight is 482 g/mol. The van der Waals surface area contributed by atoms with Crippen molar-refractivity contribution in [3.05, 3.63) is 54.0 Å². The van der Waals surface area contributed by atoms with Gasteiger partial charge in [0.25, 0.3) is 5.91 Å². The smallest absolute Gasteiger partial charge is 0.252 e. The minimum absolute atomic E-state index is 0.0428. The highest BCUT2D eigenvalue weighted by Crippen LogP contribution is 2.34. The number of nitrogens with two attached hydrogens (primary N) is 1. The highest BCUT2D eigenvalue weighted by molar-refractivity contribution is 8.15. The quantitative estimate of drug-likeness (QED) is 0.622. The van der Waals surface area contributed by atoms with Crippen LogP contribution in [0.1, 0.15) is 43.4 Å². The van der Waals surface area contributed by atoms with E-state index in [1.165, 1.54) is 36.6 Å². The highest BCUT2D eigenvalue weighted by atomic mass is 32.2. The van der Waals surface area contributed by atoms with Crippen molar-refractivity contribution >= 4 is 34.3 Å². The molecule has 9 heteroatoms. The van der Waals surface area contributed by atoms with Crippen LogP contribution in [-0.4, -0.2) is 57.8 Å². The van der Waals surface area contributed by atoms with Crippen molar-refractivity contribution in [1.29, 1.82) is 0 Å². The number of piperidine rings is 1. The van der Waals surface area contributed by atoms with Crippen LogP contribution < -0.4 is 10.6 Å². The van der Waals surface area contributed by atoms with Crippen molar-refractivity contribution in [3.63, 3.8) is 0 Å². The van der Waals surface area contributed by atoms with E-state index in [1.807, 2.05) is 24.3 Å². The van der Waals surface area contributed by atoms with E-state index in [-0.39, 0.29) is 11.9 Å². The lowest BCUT2D eigenvalue weighted by atomic mass is 10.1. The van der Waals surface area contributed by atoms with Gasteiger partial charge in [-0.3, -0.25) is 19.5 Å². The molecule has 180 valence electrons. The van der Waals surface area contributed by atoms with Gasteiger partial charge >= 0.3 is 0 Å².